The van der Waals surface area contributed by atoms with Crippen molar-refractivity contribution < 1.29 is 19.0 Å². The zero-order valence-electron chi connectivity index (χ0n) is 24.5. The Hall–Kier alpha value is -4.62. The lowest BCUT2D eigenvalue weighted by Crippen LogP contribution is -2.43. The van der Waals surface area contributed by atoms with Gasteiger partial charge in [-0.15, -0.1) is 0 Å². The van der Waals surface area contributed by atoms with Crippen LogP contribution in [0, 0.1) is 17.2 Å². The Morgan fingerprint density at radius 2 is 2.00 bits per heavy atom. The van der Waals surface area contributed by atoms with Gasteiger partial charge < -0.3 is 24.0 Å². The van der Waals surface area contributed by atoms with Gasteiger partial charge in [0.05, 0.1) is 29.5 Å². The molecule has 1 saturated heterocycles. The summed E-state index contributed by atoms with van der Waals surface area (Å²) in [5, 5.41) is 9.37. The molecule has 2 aromatic carbocycles. The number of carbonyl (C=O) groups is 1. The van der Waals surface area contributed by atoms with Crippen LogP contribution in [-0.4, -0.2) is 85.9 Å². The second-order valence-electron chi connectivity index (χ2n) is 10.8. The molecular formula is C32H36N6O4. The molecule has 3 heterocycles. The standard InChI is InChI=1S/C32H36N6O4/c1-6-38-30(34-2)28(24-13-14-25-26(16-24)42-27(20-40-25)31(39)36(3)4)29(23-11-9-21(17-33)10-12-23)35-32(38)41-19-22-8-7-15-37(5)18-22/h6,9-14,16,22,27H,1,7-8,15,18-20H2,2-5H3/t22-,27?/m1/s1. The number of amides is 1. The SMILES string of the molecule is C=Cn1c(OC[C@@H]2CCCN(C)C2)nc(-c2ccc(C#N)cc2)c(-c2ccc3c(c2)OC(C(=O)N(C)C)CO3)c1=NC. The van der Waals surface area contributed by atoms with Gasteiger partial charge in [0.2, 0.25) is 6.10 Å². The van der Waals surface area contributed by atoms with E-state index in [4.69, 9.17) is 19.2 Å². The zero-order chi connectivity index (χ0) is 29.8. The first-order valence-corrected chi connectivity index (χ1v) is 14.0. The van der Waals surface area contributed by atoms with Crippen LogP contribution in [0.25, 0.3) is 28.6 Å². The molecule has 10 heteroatoms. The van der Waals surface area contributed by atoms with Gasteiger partial charge in [-0.25, -0.2) is 0 Å². The van der Waals surface area contributed by atoms with Crippen LogP contribution >= 0.6 is 0 Å². The van der Waals surface area contributed by atoms with E-state index in [1.165, 1.54) is 4.90 Å². The number of likely N-dealkylation sites (tertiary alicyclic amines) is 1. The van der Waals surface area contributed by atoms with E-state index in [0.717, 1.165) is 42.6 Å². The molecule has 2 aliphatic rings. The molecule has 1 unspecified atom stereocenters. The smallest absolute Gasteiger partial charge is 0.302 e. The van der Waals surface area contributed by atoms with Crippen LogP contribution in [-0.2, 0) is 4.79 Å². The molecule has 5 rings (SSSR count). The monoisotopic (exact) mass is 568 g/mol. The Labute approximate surface area is 246 Å². The normalized spacial score (nSPS) is 18.7. The molecule has 1 fully saturated rings. The first kappa shape index (κ1) is 28.9. The maximum absolute atomic E-state index is 12.6. The Bertz CT molecular complexity index is 1590. The van der Waals surface area contributed by atoms with Gasteiger partial charge in [-0.2, -0.15) is 10.2 Å². The summed E-state index contributed by atoms with van der Waals surface area (Å²) in [5.41, 5.74) is 4.05. The summed E-state index contributed by atoms with van der Waals surface area (Å²) >= 11 is 0. The van der Waals surface area contributed by atoms with E-state index in [-0.39, 0.29) is 12.5 Å². The van der Waals surface area contributed by atoms with Crippen LogP contribution in [0.2, 0.25) is 0 Å². The van der Waals surface area contributed by atoms with Crippen molar-refractivity contribution in [3.63, 3.8) is 0 Å². The molecular weight excluding hydrogens is 532 g/mol. The molecule has 42 heavy (non-hydrogen) atoms. The van der Waals surface area contributed by atoms with Crippen molar-refractivity contribution in [1.29, 1.82) is 5.26 Å². The highest BCUT2D eigenvalue weighted by molar-refractivity contribution is 5.83. The third-order valence-corrected chi connectivity index (χ3v) is 7.56. The average molecular weight is 569 g/mol. The molecule has 0 saturated carbocycles. The summed E-state index contributed by atoms with van der Waals surface area (Å²) in [6.45, 7) is 6.75. The fourth-order valence-corrected chi connectivity index (χ4v) is 5.42. The molecule has 3 aromatic rings. The first-order chi connectivity index (χ1) is 20.3. The van der Waals surface area contributed by atoms with Crippen molar-refractivity contribution >= 4 is 12.1 Å². The number of fused-ring (bicyclic) bond motifs is 1. The maximum atomic E-state index is 12.6. The van der Waals surface area contributed by atoms with E-state index in [1.54, 1.807) is 44.0 Å². The second-order valence-corrected chi connectivity index (χ2v) is 10.8. The van der Waals surface area contributed by atoms with Gasteiger partial charge in [-0.05, 0) is 56.3 Å². The van der Waals surface area contributed by atoms with Crippen LogP contribution in [0.5, 0.6) is 17.5 Å². The number of hydrogen-bond acceptors (Lipinski definition) is 8. The van der Waals surface area contributed by atoms with E-state index >= 15 is 0 Å². The van der Waals surface area contributed by atoms with Crippen molar-refractivity contribution in [2.24, 2.45) is 10.9 Å². The molecule has 0 bridgehead atoms. The number of ether oxygens (including phenoxy) is 3. The van der Waals surface area contributed by atoms with Crippen molar-refractivity contribution in [1.82, 2.24) is 19.4 Å². The fraction of sp³-hybridized carbons (Fsp3) is 0.375. The molecule has 0 spiro atoms. The van der Waals surface area contributed by atoms with E-state index in [1.807, 2.05) is 30.3 Å². The summed E-state index contributed by atoms with van der Waals surface area (Å²) in [4.78, 5) is 26.1. The summed E-state index contributed by atoms with van der Waals surface area (Å²) in [5.74, 6) is 1.22. The van der Waals surface area contributed by atoms with Crippen LogP contribution < -0.4 is 19.7 Å². The second kappa shape index (κ2) is 12.5. The summed E-state index contributed by atoms with van der Waals surface area (Å²) < 4.78 is 20.1. The highest BCUT2D eigenvalue weighted by Gasteiger charge is 2.30. The number of piperidine rings is 1. The third kappa shape index (κ3) is 5.87. The molecule has 1 aromatic heterocycles. The molecule has 0 N–H and O–H groups in total. The minimum Gasteiger partial charge on any atom is -0.485 e. The van der Waals surface area contributed by atoms with Gasteiger partial charge >= 0.3 is 6.01 Å². The molecule has 1 amide bonds. The minimum absolute atomic E-state index is 0.135. The lowest BCUT2D eigenvalue weighted by molar-refractivity contribution is -0.138. The number of hydrogen-bond donors (Lipinski definition) is 0. The van der Waals surface area contributed by atoms with Crippen molar-refractivity contribution in [2.45, 2.75) is 18.9 Å². The highest BCUT2D eigenvalue weighted by Crippen LogP contribution is 2.38. The minimum atomic E-state index is -0.748. The van der Waals surface area contributed by atoms with Gasteiger partial charge in [0.25, 0.3) is 5.91 Å². The molecule has 2 aliphatic heterocycles. The van der Waals surface area contributed by atoms with Gasteiger partial charge in [0.1, 0.15) is 12.1 Å². The maximum Gasteiger partial charge on any atom is 0.302 e. The lowest BCUT2D eigenvalue weighted by Gasteiger charge is -2.29. The van der Waals surface area contributed by atoms with Crippen LogP contribution in [0.4, 0.5) is 0 Å². The number of aromatic nitrogens is 2. The fourth-order valence-electron chi connectivity index (χ4n) is 5.42. The quantitative estimate of drug-likeness (QED) is 0.428. The van der Waals surface area contributed by atoms with Crippen molar-refractivity contribution in [3.8, 4) is 46.0 Å². The summed E-state index contributed by atoms with van der Waals surface area (Å²) in [6.07, 6.45) is 3.13. The summed E-state index contributed by atoms with van der Waals surface area (Å²) in [7, 11) is 7.22. The van der Waals surface area contributed by atoms with E-state index < -0.39 is 6.10 Å². The molecule has 0 aliphatic carbocycles. The third-order valence-electron chi connectivity index (χ3n) is 7.56. The number of nitriles is 1. The Morgan fingerprint density at radius 1 is 1.24 bits per heavy atom. The van der Waals surface area contributed by atoms with Gasteiger partial charge in [-0.1, -0.05) is 24.8 Å². The summed E-state index contributed by atoms with van der Waals surface area (Å²) in [6, 6.07) is 15.4. The average Bonchev–Trinajstić information content (AvgIpc) is 3.02. The predicted molar refractivity (Wildman–Crippen MR) is 160 cm³/mol. The first-order valence-electron chi connectivity index (χ1n) is 14.0. The largest absolute Gasteiger partial charge is 0.485 e. The van der Waals surface area contributed by atoms with Gasteiger partial charge in [-0.3, -0.25) is 14.4 Å². The Balaban J connectivity index is 1.63. The van der Waals surface area contributed by atoms with E-state index in [9.17, 15) is 10.1 Å². The number of benzene rings is 2. The van der Waals surface area contributed by atoms with Gasteiger partial charge in [0.15, 0.2) is 11.5 Å². The Morgan fingerprint density at radius 3 is 2.67 bits per heavy atom. The zero-order valence-corrected chi connectivity index (χ0v) is 24.5. The predicted octanol–water partition coefficient (Wildman–Crippen LogP) is 3.67. The topological polar surface area (TPSA) is 105 Å². The molecule has 2 atom stereocenters. The number of rotatable bonds is 7. The number of nitrogens with zero attached hydrogens (tertiary/aromatic N) is 6. The Kier molecular flexibility index (Phi) is 8.59. The van der Waals surface area contributed by atoms with Crippen molar-refractivity contribution in [2.75, 3.05) is 54.5 Å². The number of likely N-dealkylation sites (N-methyl/N-ethyl adjacent to an activating group) is 1. The van der Waals surface area contributed by atoms with Crippen LogP contribution in [0.3, 0.4) is 0 Å². The van der Waals surface area contributed by atoms with Gasteiger partial charge in [0, 0.05) is 45.4 Å². The van der Waals surface area contributed by atoms with Crippen LogP contribution in [0.1, 0.15) is 18.4 Å². The highest BCUT2D eigenvalue weighted by atomic mass is 16.6. The van der Waals surface area contributed by atoms with Crippen LogP contribution in [0.15, 0.2) is 54.0 Å². The molecule has 0 radical (unpaired) electrons. The molecule has 10 nitrogen and oxygen atoms in total. The van der Waals surface area contributed by atoms with E-state index in [2.05, 4.69) is 29.6 Å². The lowest BCUT2D eigenvalue weighted by atomic mass is 9.98. The van der Waals surface area contributed by atoms with Crippen molar-refractivity contribution in [3.05, 3.63) is 60.1 Å². The number of carbonyl (C=O) groups excluding carboxylic acids is 1. The van der Waals surface area contributed by atoms with E-state index in [0.29, 0.717) is 46.8 Å². The molecule has 218 valence electrons.